The lowest BCUT2D eigenvalue weighted by atomic mass is 10.0. The van der Waals surface area contributed by atoms with Gasteiger partial charge in [0, 0.05) is 19.3 Å². The SMILES string of the molecule is CC/C=C\C/C=C\C/C=C\C/C=C\C/C=C\CCCCCCCCCCCCCCCCCCCCCC(=O)OCC(COC(=O)CCCCCCCCCC)OC(=O)CCCCCCCCC/C=C\CCCCCCCCC. The van der Waals surface area contributed by atoms with E-state index < -0.39 is 6.10 Å². The molecule has 0 amide bonds. The normalized spacial score (nSPS) is 12.5. The van der Waals surface area contributed by atoms with E-state index in [-0.39, 0.29) is 31.1 Å². The number of hydrogen-bond donors (Lipinski definition) is 0. The van der Waals surface area contributed by atoms with Crippen molar-refractivity contribution in [3.63, 3.8) is 0 Å². The number of allylic oxidation sites excluding steroid dienone is 12. The van der Waals surface area contributed by atoms with Crippen LogP contribution in [0.3, 0.4) is 0 Å². The second-order valence-electron chi connectivity index (χ2n) is 23.1. The van der Waals surface area contributed by atoms with Crippen LogP contribution in [0.25, 0.3) is 0 Å². The molecule has 79 heavy (non-hydrogen) atoms. The second-order valence-corrected chi connectivity index (χ2v) is 23.1. The molecule has 6 heteroatoms. The van der Waals surface area contributed by atoms with E-state index in [0.29, 0.717) is 19.3 Å². The van der Waals surface area contributed by atoms with E-state index in [4.69, 9.17) is 14.2 Å². The standard InChI is InChI=1S/C73H130O6/c1-4-7-10-13-16-19-21-23-25-27-29-30-31-32-33-34-35-36-37-38-39-40-41-42-43-44-45-47-48-50-52-54-57-60-63-66-72(75)78-69-70(68-77-71(74)65-62-59-56-18-15-12-9-6-3)79-73(76)67-64-61-58-55-53-51-49-46-28-26-24-22-20-17-14-11-8-5-2/h7,10,16,19,23,25-26,28-30,32-33,70H,4-6,8-9,11-15,17-18,20-22,24,27,31,34-69H2,1-3H3/b10-7-,19-16-,25-23-,28-26-,30-29-,33-32-. The highest BCUT2D eigenvalue weighted by Crippen LogP contribution is 2.18. The first-order valence-corrected chi connectivity index (χ1v) is 34.4. The van der Waals surface area contributed by atoms with Crippen molar-refractivity contribution in [2.24, 2.45) is 0 Å². The Bertz CT molecular complexity index is 1450. The van der Waals surface area contributed by atoms with E-state index in [9.17, 15) is 14.4 Å². The summed E-state index contributed by atoms with van der Waals surface area (Å²) in [6.45, 7) is 6.54. The maximum atomic E-state index is 12.9. The Kier molecular flexibility index (Phi) is 64.7. The van der Waals surface area contributed by atoms with Crippen LogP contribution in [0.15, 0.2) is 72.9 Å². The van der Waals surface area contributed by atoms with Crippen LogP contribution in [-0.2, 0) is 28.6 Å². The molecule has 0 fully saturated rings. The van der Waals surface area contributed by atoms with Crippen molar-refractivity contribution in [3.8, 4) is 0 Å². The van der Waals surface area contributed by atoms with Crippen LogP contribution in [0.4, 0.5) is 0 Å². The zero-order chi connectivity index (χ0) is 57.1. The van der Waals surface area contributed by atoms with Crippen LogP contribution in [0.5, 0.6) is 0 Å². The number of carbonyl (C=O) groups excluding carboxylic acids is 3. The molecule has 6 nitrogen and oxygen atoms in total. The van der Waals surface area contributed by atoms with Gasteiger partial charge in [0.05, 0.1) is 0 Å². The molecule has 0 aliphatic rings. The molecule has 0 aromatic heterocycles. The number of carbonyl (C=O) groups is 3. The Morgan fingerprint density at radius 3 is 0.785 bits per heavy atom. The molecule has 1 atom stereocenters. The average molecular weight is 1100 g/mol. The Morgan fingerprint density at radius 1 is 0.266 bits per heavy atom. The molecule has 0 saturated carbocycles. The lowest BCUT2D eigenvalue weighted by Gasteiger charge is -2.18. The summed E-state index contributed by atoms with van der Waals surface area (Å²) in [6.07, 6.45) is 88.1. The van der Waals surface area contributed by atoms with E-state index in [2.05, 4.69) is 93.7 Å². The number of hydrogen-bond acceptors (Lipinski definition) is 6. The zero-order valence-electron chi connectivity index (χ0n) is 52.6. The molecular formula is C73H130O6. The van der Waals surface area contributed by atoms with Crippen molar-refractivity contribution in [2.75, 3.05) is 13.2 Å². The van der Waals surface area contributed by atoms with Crippen LogP contribution < -0.4 is 0 Å². The first kappa shape index (κ1) is 75.8. The van der Waals surface area contributed by atoms with Crippen LogP contribution in [0, 0.1) is 0 Å². The minimum Gasteiger partial charge on any atom is -0.462 e. The van der Waals surface area contributed by atoms with Crippen molar-refractivity contribution in [1.29, 1.82) is 0 Å². The highest BCUT2D eigenvalue weighted by atomic mass is 16.6. The quantitative estimate of drug-likeness (QED) is 0.0261. The van der Waals surface area contributed by atoms with Crippen molar-refractivity contribution < 1.29 is 28.6 Å². The summed E-state index contributed by atoms with van der Waals surface area (Å²) in [5.74, 6) is -0.860. The van der Waals surface area contributed by atoms with E-state index >= 15 is 0 Å². The molecule has 0 bridgehead atoms. The summed E-state index contributed by atoms with van der Waals surface area (Å²) in [7, 11) is 0. The summed E-state index contributed by atoms with van der Waals surface area (Å²) in [5.41, 5.74) is 0. The Balaban J connectivity index is 4.01. The lowest BCUT2D eigenvalue weighted by Crippen LogP contribution is -2.30. The summed E-state index contributed by atoms with van der Waals surface area (Å²) in [5, 5.41) is 0. The van der Waals surface area contributed by atoms with Gasteiger partial charge < -0.3 is 14.2 Å². The molecule has 0 aliphatic carbocycles. The first-order valence-electron chi connectivity index (χ1n) is 34.4. The van der Waals surface area contributed by atoms with Gasteiger partial charge in [-0.05, 0) is 89.9 Å². The summed E-state index contributed by atoms with van der Waals surface area (Å²) < 4.78 is 16.9. The third-order valence-corrected chi connectivity index (χ3v) is 15.2. The molecule has 1 unspecified atom stereocenters. The van der Waals surface area contributed by atoms with Gasteiger partial charge in [-0.1, -0.05) is 318 Å². The first-order chi connectivity index (χ1) is 39.0. The molecule has 0 aliphatic heterocycles. The summed E-state index contributed by atoms with van der Waals surface area (Å²) in [4.78, 5) is 38.2. The van der Waals surface area contributed by atoms with Gasteiger partial charge in [0.1, 0.15) is 13.2 Å². The zero-order valence-corrected chi connectivity index (χ0v) is 52.6. The monoisotopic (exact) mass is 1100 g/mol. The highest BCUT2D eigenvalue weighted by Gasteiger charge is 2.19. The molecule has 0 aromatic rings. The third-order valence-electron chi connectivity index (χ3n) is 15.2. The predicted octanol–water partition coefficient (Wildman–Crippen LogP) is 23.7. The van der Waals surface area contributed by atoms with E-state index in [1.54, 1.807) is 0 Å². The molecule has 458 valence electrons. The maximum absolute atomic E-state index is 12.9. The van der Waals surface area contributed by atoms with Crippen LogP contribution in [0.1, 0.15) is 355 Å². The fraction of sp³-hybridized carbons (Fsp3) is 0.795. The topological polar surface area (TPSA) is 78.9 Å². The molecule has 0 heterocycles. The van der Waals surface area contributed by atoms with Crippen LogP contribution in [0.2, 0.25) is 0 Å². The second kappa shape index (κ2) is 67.4. The van der Waals surface area contributed by atoms with Gasteiger partial charge in [0.15, 0.2) is 6.10 Å². The van der Waals surface area contributed by atoms with Crippen LogP contribution >= 0.6 is 0 Å². The molecule has 0 N–H and O–H groups in total. The van der Waals surface area contributed by atoms with Crippen molar-refractivity contribution in [1.82, 2.24) is 0 Å². The number of rotatable bonds is 63. The molecular weight excluding hydrogens is 973 g/mol. The van der Waals surface area contributed by atoms with Crippen molar-refractivity contribution in [3.05, 3.63) is 72.9 Å². The highest BCUT2D eigenvalue weighted by molar-refractivity contribution is 5.71. The Labute approximate surface area is 491 Å². The van der Waals surface area contributed by atoms with E-state index in [1.165, 1.54) is 225 Å². The van der Waals surface area contributed by atoms with E-state index in [0.717, 1.165) is 89.9 Å². The Morgan fingerprint density at radius 2 is 0.494 bits per heavy atom. The predicted molar refractivity (Wildman–Crippen MR) is 344 cm³/mol. The smallest absolute Gasteiger partial charge is 0.306 e. The molecule has 0 saturated heterocycles. The fourth-order valence-corrected chi connectivity index (χ4v) is 10.1. The number of unbranched alkanes of at least 4 members (excludes halogenated alkanes) is 40. The van der Waals surface area contributed by atoms with Gasteiger partial charge in [0.2, 0.25) is 0 Å². The largest absolute Gasteiger partial charge is 0.462 e. The summed E-state index contributed by atoms with van der Waals surface area (Å²) in [6, 6.07) is 0. The van der Waals surface area contributed by atoms with Gasteiger partial charge in [-0.2, -0.15) is 0 Å². The molecule has 0 spiro atoms. The lowest BCUT2D eigenvalue weighted by molar-refractivity contribution is -0.167. The molecule has 0 radical (unpaired) electrons. The van der Waals surface area contributed by atoms with Crippen LogP contribution in [-0.4, -0.2) is 37.2 Å². The van der Waals surface area contributed by atoms with Gasteiger partial charge in [-0.15, -0.1) is 0 Å². The minimum atomic E-state index is -0.772. The number of ether oxygens (including phenoxy) is 3. The summed E-state index contributed by atoms with van der Waals surface area (Å²) >= 11 is 0. The third kappa shape index (κ3) is 65.5. The van der Waals surface area contributed by atoms with Gasteiger partial charge >= 0.3 is 17.9 Å². The number of esters is 3. The molecule has 0 aromatic carbocycles. The Hall–Kier alpha value is -3.15. The van der Waals surface area contributed by atoms with Crippen molar-refractivity contribution >= 4 is 17.9 Å². The fourth-order valence-electron chi connectivity index (χ4n) is 10.1. The average Bonchev–Trinajstić information content (AvgIpc) is 3.45. The molecule has 0 rings (SSSR count). The van der Waals surface area contributed by atoms with Gasteiger partial charge in [-0.3, -0.25) is 14.4 Å². The van der Waals surface area contributed by atoms with Crippen molar-refractivity contribution in [2.45, 2.75) is 361 Å². The minimum absolute atomic E-state index is 0.0712. The van der Waals surface area contributed by atoms with Gasteiger partial charge in [0.25, 0.3) is 0 Å². The van der Waals surface area contributed by atoms with Gasteiger partial charge in [-0.25, -0.2) is 0 Å². The maximum Gasteiger partial charge on any atom is 0.306 e. The van der Waals surface area contributed by atoms with E-state index in [1.807, 2.05) is 0 Å².